The fourth-order valence-corrected chi connectivity index (χ4v) is 5.03. The SMILES string of the molecule is CCNC1CCCC1CCN1CCC2CCCCC21. The lowest BCUT2D eigenvalue weighted by Crippen LogP contribution is -2.38. The normalized spacial score (nSPS) is 39.6. The minimum Gasteiger partial charge on any atom is -0.314 e. The average Bonchev–Trinajstić information content (AvgIpc) is 3.04. The summed E-state index contributed by atoms with van der Waals surface area (Å²) >= 11 is 0. The molecule has 110 valence electrons. The van der Waals surface area contributed by atoms with Gasteiger partial charge in [-0.15, -0.1) is 0 Å². The lowest BCUT2D eigenvalue weighted by Gasteiger charge is -2.33. The van der Waals surface area contributed by atoms with Crippen LogP contribution in [0.3, 0.4) is 0 Å². The van der Waals surface area contributed by atoms with Crippen LogP contribution < -0.4 is 5.32 Å². The molecule has 0 aromatic rings. The van der Waals surface area contributed by atoms with Gasteiger partial charge in [-0.25, -0.2) is 0 Å². The Labute approximate surface area is 119 Å². The van der Waals surface area contributed by atoms with Gasteiger partial charge in [-0.2, -0.15) is 0 Å². The molecule has 4 atom stereocenters. The van der Waals surface area contributed by atoms with Crippen molar-refractivity contribution in [3.63, 3.8) is 0 Å². The summed E-state index contributed by atoms with van der Waals surface area (Å²) in [5, 5.41) is 3.71. The minimum absolute atomic E-state index is 0.828. The third-order valence-electron chi connectivity index (χ3n) is 6.04. The molecule has 2 saturated carbocycles. The van der Waals surface area contributed by atoms with E-state index >= 15 is 0 Å². The smallest absolute Gasteiger partial charge is 0.0124 e. The largest absolute Gasteiger partial charge is 0.314 e. The summed E-state index contributed by atoms with van der Waals surface area (Å²) in [5.41, 5.74) is 0. The Bertz CT molecular complexity index is 278. The predicted octanol–water partition coefficient (Wildman–Crippen LogP) is 3.42. The van der Waals surface area contributed by atoms with Gasteiger partial charge in [0.25, 0.3) is 0 Å². The number of likely N-dealkylation sites (tertiary alicyclic amines) is 1. The average molecular weight is 264 g/mol. The Morgan fingerprint density at radius 2 is 1.89 bits per heavy atom. The fourth-order valence-electron chi connectivity index (χ4n) is 5.03. The summed E-state index contributed by atoms with van der Waals surface area (Å²) in [6, 6.07) is 1.79. The number of nitrogens with one attached hydrogen (secondary N) is 1. The van der Waals surface area contributed by atoms with Gasteiger partial charge in [0.2, 0.25) is 0 Å². The second-order valence-corrected chi connectivity index (χ2v) is 7.08. The highest BCUT2D eigenvalue weighted by molar-refractivity contribution is 4.91. The molecule has 0 bridgehead atoms. The van der Waals surface area contributed by atoms with Crippen LogP contribution in [-0.2, 0) is 0 Å². The highest BCUT2D eigenvalue weighted by atomic mass is 15.2. The van der Waals surface area contributed by atoms with Crippen molar-refractivity contribution in [1.82, 2.24) is 10.2 Å². The van der Waals surface area contributed by atoms with E-state index < -0.39 is 0 Å². The van der Waals surface area contributed by atoms with Crippen LogP contribution in [0.4, 0.5) is 0 Å². The highest BCUT2D eigenvalue weighted by Crippen LogP contribution is 2.37. The van der Waals surface area contributed by atoms with Crippen LogP contribution in [0.25, 0.3) is 0 Å². The molecule has 1 N–H and O–H groups in total. The Hall–Kier alpha value is -0.0800. The molecule has 1 aliphatic heterocycles. The molecule has 0 radical (unpaired) electrons. The molecule has 3 fully saturated rings. The van der Waals surface area contributed by atoms with E-state index in [4.69, 9.17) is 0 Å². The molecule has 2 aliphatic carbocycles. The summed E-state index contributed by atoms with van der Waals surface area (Å²) < 4.78 is 0. The second kappa shape index (κ2) is 6.58. The molecule has 0 amide bonds. The van der Waals surface area contributed by atoms with E-state index in [1.165, 1.54) is 70.9 Å². The standard InChI is InChI=1S/C17H32N2/c1-2-18-16-8-5-7-14(16)10-12-19-13-11-15-6-3-4-9-17(15)19/h14-18H,2-13H2,1H3. The zero-order valence-electron chi connectivity index (χ0n) is 12.7. The number of rotatable bonds is 5. The van der Waals surface area contributed by atoms with Crippen LogP contribution in [0.15, 0.2) is 0 Å². The van der Waals surface area contributed by atoms with Gasteiger partial charge in [0.1, 0.15) is 0 Å². The van der Waals surface area contributed by atoms with Gasteiger partial charge in [-0.1, -0.05) is 26.2 Å². The first-order chi connectivity index (χ1) is 9.38. The van der Waals surface area contributed by atoms with Gasteiger partial charge >= 0.3 is 0 Å². The first-order valence-corrected chi connectivity index (χ1v) is 8.86. The van der Waals surface area contributed by atoms with Crippen molar-refractivity contribution >= 4 is 0 Å². The zero-order chi connectivity index (χ0) is 13.1. The first kappa shape index (κ1) is 13.9. The first-order valence-electron chi connectivity index (χ1n) is 8.86. The Balaban J connectivity index is 1.46. The predicted molar refractivity (Wildman–Crippen MR) is 81.4 cm³/mol. The molecule has 0 aromatic carbocycles. The Kier molecular flexibility index (Phi) is 4.81. The van der Waals surface area contributed by atoms with Gasteiger partial charge in [-0.05, 0) is 70.0 Å². The minimum atomic E-state index is 0.828. The summed E-state index contributed by atoms with van der Waals surface area (Å²) in [6.45, 7) is 6.18. The van der Waals surface area contributed by atoms with Crippen molar-refractivity contribution < 1.29 is 0 Å². The van der Waals surface area contributed by atoms with Crippen molar-refractivity contribution in [3.05, 3.63) is 0 Å². The third kappa shape index (κ3) is 3.16. The van der Waals surface area contributed by atoms with Crippen LogP contribution in [-0.4, -0.2) is 36.6 Å². The van der Waals surface area contributed by atoms with Crippen molar-refractivity contribution in [1.29, 1.82) is 0 Å². The lowest BCUT2D eigenvalue weighted by atomic mass is 9.85. The summed E-state index contributed by atoms with van der Waals surface area (Å²) in [7, 11) is 0. The van der Waals surface area contributed by atoms with Crippen LogP contribution in [0.1, 0.15) is 64.7 Å². The molecule has 4 unspecified atom stereocenters. The molecule has 1 heterocycles. The van der Waals surface area contributed by atoms with Crippen LogP contribution in [0, 0.1) is 11.8 Å². The third-order valence-corrected chi connectivity index (χ3v) is 6.04. The molecule has 1 saturated heterocycles. The fraction of sp³-hybridized carbons (Fsp3) is 1.00. The van der Waals surface area contributed by atoms with Crippen LogP contribution >= 0.6 is 0 Å². The van der Waals surface area contributed by atoms with Gasteiger partial charge < -0.3 is 10.2 Å². The highest BCUT2D eigenvalue weighted by Gasteiger charge is 2.36. The zero-order valence-corrected chi connectivity index (χ0v) is 12.7. The van der Waals surface area contributed by atoms with Crippen LogP contribution in [0.5, 0.6) is 0 Å². The van der Waals surface area contributed by atoms with Crippen molar-refractivity contribution in [2.45, 2.75) is 76.8 Å². The maximum Gasteiger partial charge on any atom is 0.0124 e. The molecular weight excluding hydrogens is 232 g/mol. The van der Waals surface area contributed by atoms with Gasteiger partial charge in [0, 0.05) is 12.1 Å². The molecule has 3 aliphatic rings. The molecule has 0 spiro atoms. The molecule has 3 rings (SSSR count). The number of hydrogen-bond acceptors (Lipinski definition) is 2. The molecule has 2 nitrogen and oxygen atoms in total. The lowest BCUT2D eigenvalue weighted by molar-refractivity contribution is 0.169. The van der Waals surface area contributed by atoms with E-state index in [9.17, 15) is 0 Å². The van der Waals surface area contributed by atoms with Crippen molar-refractivity contribution in [2.24, 2.45) is 11.8 Å². The van der Waals surface area contributed by atoms with Gasteiger partial charge in [0.05, 0.1) is 0 Å². The van der Waals surface area contributed by atoms with E-state index in [1.54, 1.807) is 0 Å². The van der Waals surface area contributed by atoms with E-state index in [-0.39, 0.29) is 0 Å². The molecular formula is C17H32N2. The quantitative estimate of drug-likeness (QED) is 0.818. The number of fused-ring (bicyclic) bond motifs is 1. The summed E-state index contributed by atoms with van der Waals surface area (Å²) in [6.07, 6.45) is 13.3. The van der Waals surface area contributed by atoms with Gasteiger partial charge in [-0.3, -0.25) is 0 Å². The van der Waals surface area contributed by atoms with Gasteiger partial charge in [0.15, 0.2) is 0 Å². The van der Waals surface area contributed by atoms with E-state index in [0.29, 0.717) is 0 Å². The summed E-state index contributed by atoms with van der Waals surface area (Å²) in [4.78, 5) is 2.85. The van der Waals surface area contributed by atoms with E-state index in [2.05, 4.69) is 17.1 Å². The Morgan fingerprint density at radius 1 is 1.00 bits per heavy atom. The van der Waals surface area contributed by atoms with Crippen LogP contribution in [0.2, 0.25) is 0 Å². The second-order valence-electron chi connectivity index (χ2n) is 7.08. The van der Waals surface area contributed by atoms with E-state index in [1.807, 2.05) is 0 Å². The summed E-state index contributed by atoms with van der Waals surface area (Å²) in [5.74, 6) is 2.02. The van der Waals surface area contributed by atoms with Crippen molar-refractivity contribution in [3.8, 4) is 0 Å². The number of nitrogens with zero attached hydrogens (tertiary/aromatic N) is 1. The monoisotopic (exact) mass is 264 g/mol. The maximum absolute atomic E-state index is 3.71. The van der Waals surface area contributed by atoms with Crippen molar-refractivity contribution in [2.75, 3.05) is 19.6 Å². The van der Waals surface area contributed by atoms with E-state index in [0.717, 1.165) is 30.5 Å². The molecule has 0 aromatic heterocycles. The Morgan fingerprint density at radius 3 is 2.79 bits per heavy atom. The topological polar surface area (TPSA) is 15.3 Å². The molecule has 2 heteroatoms. The maximum atomic E-state index is 3.71. The number of hydrogen-bond donors (Lipinski definition) is 1. The molecule has 19 heavy (non-hydrogen) atoms.